The molecule has 1 aliphatic heterocycles. The first kappa shape index (κ1) is 14.8. The summed E-state index contributed by atoms with van der Waals surface area (Å²) in [5.74, 6) is 1.06. The number of ether oxygens (including phenoxy) is 1. The molecule has 0 aliphatic carbocycles. The summed E-state index contributed by atoms with van der Waals surface area (Å²) < 4.78 is 5.28. The minimum absolute atomic E-state index is 0.182. The van der Waals surface area contributed by atoms with E-state index in [-0.39, 0.29) is 5.91 Å². The van der Waals surface area contributed by atoms with Gasteiger partial charge in [0, 0.05) is 30.2 Å². The average molecular weight is 320 g/mol. The first-order chi connectivity index (χ1) is 11.7. The molecular weight excluding hydrogens is 300 g/mol. The second kappa shape index (κ2) is 6.04. The molecule has 0 spiro atoms. The zero-order chi connectivity index (χ0) is 16.5. The molecule has 2 aromatic carbocycles. The molecule has 0 fully saturated rings. The number of carbonyl (C=O) groups is 1. The highest BCUT2D eigenvalue weighted by Gasteiger charge is 2.21. The molecule has 0 bridgehead atoms. The van der Waals surface area contributed by atoms with Gasteiger partial charge in [-0.15, -0.1) is 0 Å². The summed E-state index contributed by atoms with van der Waals surface area (Å²) in [7, 11) is 1.68. The van der Waals surface area contributed by atoms with Gasteiger partial charge in [0.2, 0.25) is 5.91 Å². The number of H-pyrrole nitrogens is 1. The number of carbonyl (C=O) groups excluding carboxylic acids is 1. The number of hydrogen-bond donors (Lipinski definition) is 1. The van der Waals surface area contributed by atoms with Crippen molar-refractivity contribution >= 4 is 16.8 Å². The zero-order valence-corrected chi connectivity index (χ0v) is 13.7. The van der Waals surface area contributed by atoms with E-state index in [2.05, 4.69) is 23.2 Å². The van der Waals surface area contributed by atoms with Crippen LogP contribution in [-0.4, -0.2) is 29.4 Å². The number of amides is 1. The van der Waals surface area contributed by atoms with Gasteiger partial charge in [0.1, 0.15) is 5.75 Å². The van der Waals surface area contributed by atoms with Crippen molar-refractivity contribution in [1.29, 1.82) is 0 Å². The maximum Gasteiger partial charge on any atom is 0.227 e. The summed E-state index contributed by atoms with van der Waals surface area (Å²) in [5.41, 5.74) is 4.65. The molecule has 2 heterocycles. The van der Waals surface area contributed by atoms with Crippen LogP contribution in [0.1, 0.15) is 16.7 Å². The Hall–Kier alpha value is -2.75. The van der Waals surface area contributed by atoms with E-state index in [0.717, 1.165) is 35.2 Å². The van der Waals surface area contributed by atoms with Crippen molar-refractivity contribution in [2.24, 2.45) is 0 Å². The molecule has 0 radical (unpaired) electrons. The van der Waals surface area contributed by atoms with E-state index < -0.39 is 0 Å². The number of aromatic nitrogens is 1. The first-order valence-electron chi connectivity index (χ1n) is 8.23. The molecule has 122 valence electrons. The van der Waals surface area contributed by atoms with Gasteiger partial charge in [-0.2, -0.15) is 0 Å². The Balaban J connectivity index is 1.51. The molecule has 0 unspecified atom stereocenters. The molecule has 0 saturated heterocycles. The van der Waals surface area contributed by atoms with E-state index in [1.54, 1.807) is 7.11 Å². The zero-order valence-electron chi connectivity index (χ0n) is 13.7. The predicted molar refractivity (Wildman–Crippen MR) is 94.1 cm³/mol. The Bertz CT molecular complexity index is 898. The topological polar surface area (TPSA) is 45.3 Å². The predicted octanol–water partition coefficient (Wildman–Crippen LogP) is 3.30. The molecule has 1 amide bonds. The van der Waals surface area contributed by atoms with Crippen molar-refractivity contribution in [1.82, 2.24) is 9.88 Å². The molecular formula is C20H20N2O2. The monoisotopic (exact) mass is 320 g/mol. The number of para-hydroxylation sites is 1. The number of aromatic amines is 1. The van der Waals surface area contributed by atoms with E-state index in [0.29, 0.717) is 13.0 Å². The van der Waals surface area contributed by atoms with Crippen LogP contribution in [0.4, 0.5) is 0 Å². The lowest BCUT2D eigenvalue weighted by Gasteiger charge is -2.29. The Morgan fingerprint density at radius 2 is 2.08 bits per heavy atom. The largest absolute Gasteiger partial charge is 0.497 e. The van der Waals surface area contributed by atoms with Gasteiger partial charge >= 0.3 is 0 Å². The van der Waals surface area contributed by atoms with Crippen molar-refractivity contribution in [3.05, 3.63) is 65.4 Å². The Morgan fingerprint density at radius 3 is 2.96 bits per heavy atom. The lowest BCUT2D eigenvalue weighted by Crippen LogP contribution is -2.36. The maximum absolute atomic E-state index is 12.7. The summed E-state index contributed by atoms with van der Waals surface area (Å²) in [6, 6.07) is 14.2. The number of hydrogen-bond acceptors (Lipinski definition) is 2. The second-order valence-electron chi connectivity index (χ2n) is 6.24. The number of fused-ring (bicyclic) bond motifs is 2. The summed E-state index contributed by atoms with van der Waals surface area (Å²) in [6.45, 7) is 1.45. The van der Waals surface area contributed by atoms with Crippen LogP contribution in [0.25, 0.3) is 10.9 Å². The van der Waals surface area contributed by atoms with Crippen molar-refractivity contribution in [2.75, 3.05) is 13.7 Å². The van der Waals surface area contributed by atoms with Crippen LogP contribution < -0.4 is 4.74 Å². The van der Waals surface area contributed by atoms with Crippen molar-refractivity contribution in [3.8, 4) is 5.75 Å². The summed E-state index contributed by atoms with van der Waals surface area (Å²) >= 11 is 0. The lowest BCUT2D eigenvalue weighted by atomic mass is 9.98. The van der Waals surface area contributed by atoms with Gasteiger partial charge < -0.3 is 14.6 Å². The smallest absolute Gasteiger partial charge is 0.227 e. The van der Waals surface area contributed by atoms with Crippen molar-refractivity contribution in [2.45, 2.75) is 19.4 Å². The molecule has 4 nitrogen and oxygen atoms in total. The fourth-order valence-corrected chi connectivity index (χ4v) is 3.42. The molecule has 3 aromatic rings. The van der Waals surface area contributed by atoms with Crippen LogP contribution in [0.15, 0.2) is 48.7 Å². The van der Waals surface area contributed by atoms with Crippen molar-refractivity contribution < 1.29 is 9.53 Å². The van der Waals surface area contributed by atoms with Crippen molar-refractivity contribution in [3.63, 3.8) is 0 Å². The maximum atomic E-state index is 12.7. The summed E-state index contributed by atoms with van der Waals surface area (Å²) in [6.07, 6.45) is 3.27. The van der Waals surface area contributed by atoms with Crippen LogP contribution in [0.5, 0.6) is 5.75 Å². The van der Waals surface area contributed by atoms with Crippen LogP contribution in [-0.2, 0) is 24.2 Å². The highest BCUT2D eigenvalue weighted by atomic mass is 16.5. The molecule has 24 heavy (non-hydrogen) atoms. The Morgan fingerprint density at radius 1 is 1.21 bits per heavy atom. The van der Waals surface area contributed by atoms with Crippen LogP contribution in [0, 0.1) is 0 Å². The average Bonchev–Trinajstić information content (AvgIpc) is 3.04. The van der Waals surface area contributed by atoms with Crippen LogP contribution in [0.2, 0.25) is 0 Å². The number of methoxy groups -OCH3 is 1. The number of rotatable bonds is 3. The second-order valence-corrected chi connectivity index (χ2v) is 6.24. The first-order valence-corrected chi connectivity index (χ1v) is 8.23. The van der Waals surface area contributed by atoms with E-state index in [1.165, 1.54) is 11.1 Å². The third-order valence-corrected chi connectivity index (χ3v) is 4.79. The highest BCUT2D eigenvalue weighted by molar-refractivity contribution is 5.89. The molecule has 1 aliphatic rings. The molecule has 0 atom stereocenters. The van der Waals surface area contributed by atoms with Gasteiger partial charge in [-0.25, -0.2) is 0 Å². The van der Waals surface area contributed by atoms with Crippen LogP contribution in [0.3, 0.4) is 0 Å². The van der Waals surface area contributed by atoms with E-state index >= 15 is 0 Å². The molecule has 4 heteroatoms. The molecule has 1 aromatic heterocycles. The van der Waals surface area contributed by atoms with Gasteiger partial charge in [-0.1, -0.05) is 24.3 Å². The fourth-order valence-electron chi connectivity index (χ4n) is 3.42. The normalized spacial score (nSPS) is 13.8. The minimum Gasteiger partial charge on any atom is -0.497 e. The lowest BCUT2D eigenvalue weighted by molar-refractivity contribution is -0.131. The molecule has 4 rings (SSSR count). The molecule has 1 N–H and O–H groups in total. The van der Waals surface area contributed by atoms with Crippen LogP contribution >= 0.6 is 0 Å². The fraction of sp³-hybridized carbons (Fsp3) is 0.250. The number of nitrogens with zero attached hydrogens (tertiary/aromatic N) is 1. The molecule has 0 saturated carbocycles. The Kier molecular flexibility index (Phi) is 3.73. The third-order valence-electron chi connectivity index (χ3n) is 4.79. The highest BCUT2D eigenvalue weighted by Crippen LogP contribution is 2.25. The van der Waals surface area contributed by atoms with Gasteiger partial charge in [0.25, 0.3) is 0 Å². The third kappa shape index (κ3) is 2.64. The van der Waals surface area contributed by atoms with Gasteiger partial charge in [0.05, 0.1) is 13.5 Å². The summed E-state index contributed by atoms with van der Waals surface area (Å²) in [4.78, 5) is 17.9. The quantitative estimate of drug-likeness (QED) is 0.805. The minimum atomic E-state index is 0.182. The van der Waals surface area contributed by atoms with E-state index in [4.69, 9.17) is 4.74 Å². The van der Waals surface area contributed by atoms with E-state index in [9.17, 15) is 4.79 Å². The van der Waals surface area contributed by atoms with Gasteiger partial charge in [0.15, 0.2) is 0 Å². The van der Waals surface area contributed by atoms with Gasteiger partial charge in [-0.3, -0.25) is 4.79 Å². The number of benzene rings is 2. The van der Waals surface area contributed by atoms with Gasteiger partial charge in [-0.05, 0) is 41.3 Å². The van der Waals surface area contributed by atoms with E-state index in [1.807, 2.05) is 35.4 Å². The number of nitrogens with one attached hydrogen (secondary N) is 1. The summed E-state index contributed by atoms with van der Waals surface area (Å²) in [5, 5.41) is 1.13. The SMILES string of the molecule is COc1ccc2c(c1)CCN(C(=O)Cc1c[nH]c3ccccc13)C2. The standard InChI is InChI=1S/C20H20N2O2/c1-24-17-7-6-15-13-22(9-8-14(15)10-17)20(23)11-16-12-21-19-5-3-2-4-18(16)19/h2-7,10,12,21H,8-9,11,13H2,1H3. The Labute approximate surface area is 141 Å².